The van der Waals surface area contributed by atoms with Crippen molar-refractivity contribution in [2.75, 3.05) is 57.7 Å². The van der Waals surface area contributed by atoms with Gasteiger partial charge in [-0.1, -0.05) is 26.0 Å². The van der Waals surface area contributed by atoms with Gasteiger partial charge < -0.3 is 34.6 Å². The van der Waals surface area contributed by atoms with E-state index in [1.165, 1.54) is 11.4 Å². The third-order valence-electron chi connectivity index (χ3n) is 13.9. The fourth-order valence-electron chi connectivity index (χ4n) is 9.27. The molecule has 4 fully saturated rings. The number of halogens is 4. The molecule has 7 rings (SSSR count). The summed E-state index contributed by atoms with van der Waals surface area (Å²) in [6, 6.07) is 2.18. The highest BCUT2D eigenvalue weighted by molar-refractivity contribution is 7.91. The number of nitrogens with zero attached hydrogens (tertiary/aromatic N) is 4. The highest BCUT2D eigenvalue weighted by atomic mass is 32.2. The van der Waals surface area contributed by atoms with Crippen molar-refractivity contribution >= 4 is 60.3 Å². The Morgan fingerprint density at radius 1 is 1.01 bits per heavy atom. The molecule has 4 amide bonds. The topological polar surface area (TPSA) is 223 Å². The third-order valence-corrected chi connectivity index (χ3v) is 17.3. The van der Waals surface area contributed by atoms with Crippen LogP contribution >= 0.6 is 0 Å². The highest BCUT2D eigenvalue weighted by Gasteiger charge is 2.64. The molecule has 18 nitrogen and oxygen atoms in total. The lowest BCUT2D eigenvalue weighted by atomic mass is 9.88. The largest absolute Gasteiger partial charge is 0.497 e. The number of sulfonamides is 2. The Morgan fingerprint density at radius 3 is 2.32 bits per heavy atom. The van der Waals surface area contributed by atoms with Crippen LogP contribution in [0.15, 0.2) is 36.5 Å². The number of alkyl carbamates (subject to hydrolysis) is 1. The number of alkyl halides is 4. The predicted molar refractivity (Wildman–Crippen MR) is 240 cm³/mol. The second-order valence-corrected chi connectivity index (χ2v) is 23.4. The first-order valence-corrected chi connectivity index (χ1v) is 25.9. The average molecular weight is 1000 g/mol. The molecule has 376 valence electrons. The number of carbonyl (C=O) groups excluding carboxylic acids is 4. The first-order chi connectivity index (χ1) is 31.7. The van der Waals surface area contributed by atoms with Crippen molar-refractivity contribution in [2.24, 2.45) is 17.8 Å². The molecule has 68 heavy (non-hydrogen) atoms. The van der Waals surface area contributed by atoms with Crippen LogP contribution in [0.3, 0.4) is 0 Å². The minimum absolute atomic E-state index is 0.00514. The number of ether oxygens (including phenoxy) is 3. The number of methoxy groups -OCH3 is 1. The molecule has 2 aliphatic carbocycles. The molecular weight excluding hydrogens is 943 g/mol. The van der Waals surface area contributed by atoms with Gasteiger partial charge in [0.05, 0.1) is 31.8 Å². The quantitative estimate of drug-likeness (QED) is 0.215. The number of nitrogens with one attached hydrogen (secondary N) is 3. The number of piperazine rings is 1. The maximum atomic E-state index is 15.0. The number of carbonyl (C=O) groups is 4. The zero-order valence-electron chi connectivity index (χ0n) is 38.7. The Labute approximate surface area is 392 Å². The molecule has 0 radical (unpaired) electrons. The Bertz CT molecular complexity index is 2550. The Hall–Kier alpha value is -4.97. The van der Waals surface area contributed by atoms with Gasteiger partial charge in [0.15, 0.2) is 0 Å². The van der Waals surface area contributed by atoms with Gasteiger partial charge in [-0.25, -0.2) is 31.0 Å². The van der Waals surface area contributed by atoms with E-state index >= 15 is 0 Å². The molecule has 0 bridgehead atoms. The number of allylic oxidation sites excluding steroid dienone is 1. The number of pyridine rings is 1. The summed E-state index contributed by atoms with van der Waals surface area (Å²) in [5.41, 5.74) is -4.10. The third kappa shape index (κ3) is 10.3. The molecular formula is C44H59F4N7O11S2. The molecule has 0 unspecified atom stereocenters. The molecule has 24 heteroatoms. The van der Waals surface area contributed by atoms with Crippen LogP contribution in [0.1, 0.15) is 72.6 Å². The summed E-state index contributed by atoms with van der Waals surface area (Å²) >= 11 is 0. The number of benzene rings is 1. The summed E-state index contributed by atoms with van der Waals surface area (Å²) < 4.78 is 125. The van der Waals surface area contributed by atoms with Crippen LogP contribution in [-0.2, 0) is 39.2 Å². The van der Waals surface area contributed by atoms with Crippen molar-refractivity contribution in [2.45, 2.75) is 113 Å². The first kappa shape index (κ1) is 50.9. The SMILES string of the molecule is COc1ccc2c(O[C@@H]3C[C@H]4C(=O)N[C@]5(C(=O)NS(=O)(=O)C6(CF)CC6)C[C@H]5/C=C\CC[C@@H](C)C[C@@H](C)[C@H](NC(=O)OC(C)(C)C(F)(F)F)C(=O)N4C3)ncc(N3CCN(S(C)(=O)=O)CC3)c2c1. The van der Waals surface area contributed by atoms with Crippen LogP contribution in [0, 0.1) is 17.8 Å². The van der Waals surface area contributed by atoms with Gasteiger partial charge in [-0.3, -0.25) is 19.1 Å². The molecule has 1 aromatic carbocycles. The second-order valence-electron chi connectivity index (χ2n) is 19.4. The maximum Gasteiger partial charge on any atom is 0.427 e. The minimum atomic E-state index is -4.96. The Morgan fingerprint density at radius 2 is 1.71 bits per heavy atom. The fraction of sp³-hybridized carbons (Fsp3) is 0.659. The summed E-state index contributed by atoms with van der Waals surface area (Å²) in [6.45, 7) is 4.51. The van der Waals surface area contributed by atoms with Gasteiger partial charge in [-0.15, -0.1) is 0 Å². The van der Waals surface area contributed by atoms with Crippen LogP contribution in [0.2, 0.25) is 0 Å². The predicted octanol–water partition coefficient (Wildman–Crippen LogP) is 3.94. The summed E-state index contributed by atoms with van der Waals surface area (Å²) in [7, 11) is -6.44. The molecule has 2 saturated heterocycles. The van der Waals surface area contributed by atoms with Crippen molar-refractivity contribution < 1.29 is 67.8 Å². The molecule has 3 N–H and O–H groups in total. The molecule has 2 saturated carbocycles. The summed E-state index contributed by atoms with van der Waals surface area (Å²) in [6.07, 6.45) is -0.203. The average Bonchev–Trinajstić information content (AvgIpc) is 4.17. The highest BCUT2D eigenvalue weighted by Crippen LogP contribution is 2.48. The van der Waals surface area contributed by atoms with Gasteiger partial charge in [0.25, 0.3) is 5.91 Å². The van der Waals surface area contributed by atoms with E-state index < -0.39 is 103 Å². The fourth-order valence-corrected chi connectivity index (χ4v) is 11.5. The molecule has 7 atom stereocenters. The van der Waals surface area contributed by atoms with Crippen LogP contribution in [-0.4, -0.2) is 148 Å². The zero-order chi connectivity index (χ0) is 49.8. The van der Waals surface area contributed by atoms with E-state index in [4.69, 9.17) is 14.2 Å². The van der Waals surface area contributed by atoms with Crippen molar-refractivity contribution in [3.63, 3.8) is 0 Å². The lowest BCUT2D eigenvalue weighted by molar-refractivity contribution is -0.244. The van der Waals surface area contributed by atoms with E-state index in [0.717, 1.165) is 11.2 Å². The van der Waals surface area contributed by atoms with E-state index in [1.807, 2.05) is 16.5 Å². The lowest BCUT2D eigenvalue weighted by Gasteiger charge is -2.35. The number of aromatic nitrogens is 1. The smallest absolute Gasteiger partial charge is 0.427 e. The van der Waals surface area contributed by atoms with E-state index in [0.29, 0.717) is 68.4 Å². The molecule has 0 spiro atoms. The van der Waals surface area contributed by atoms with Crippen LogP contribution in [0.5, 0.6) is 11.6 Å². The van der Waals surface area contributed by atoms with Gasteiger partial charge in [-0.2, -0.15) is 17.5 Å². The van der Waals surface area contributed by atoms with Crippen molar-refractivity contribution in [1.29, 1.82) is 0 Å². The molecule has 4 heterocycles. The monoisotopic (exact) mass is 1000 g/mol. The lowest BCUT2D eigenvalue weighted by Crippen LogP contribution is -2.60. The van der Waals surface area contributed by atoms with Gasteiger partial charge in [0, 0.05) is 49.3 Å². The van der Waals surface area contributed by atoms with E-state index in [1.54, 1.807) is 43.5 Å². The van der Waals surface area contributed by atoms with Crippen molar-refractivity contribution in [3.05, 3.63) is 36.5 Å². The zero-order valence-corrected chi connectivity index (χ0v) is 40.4. The number of rotatable bonds is 11. The summed E-state index contributed by atoms with van der Waals surface area (Å²) in [4.78, 5) is 64.8. The maximum absolute atomic E-state index is 15.0. The minimum Gasteiger partial charge on any atom is -0.497 e. The summed E-state index contributed by atoms with van der Waals surface area (Å²) in [5, 5.41) is 6.22. The number of amides is 4. The number of fused-ring (bicyclic) bond motifs is 3. The first-order valence-electron chi connectivity index (χ1n) is 22.6. The van der Waals surface area contributed by atoms with Crippen LogP contribution in [0.4, 0.5) is 28.0 Å². The van der Waals surface area contributed by atoms with Crippen molar-refractivity contribution in [3.8, 4) is 11.6 Å². The number of hydrogen-bond donors (Lipinski definition) is 3. The van der Waals surface area contributed by atoms with Gasteiger partial charge in [-0.05, 0) is 82.4 Å². The van der Waals surface area contributed by atoms with Crippen LogP contribution in [0.25, 0.3) is 10.8 Å². The molecule has 2 aromatic rings. The second kappa shape index (κ2) is 18.7. The van der Waals surface area contributed by atoms with Crippen LogP contribution < -0.4 is 29.7 Å². The van der Waals surface area contributed by atoms with E-state index in [9.17, 15) is 53.6 Å². The Balaban J connectivity index is 1.23. The van der Waals surface area contributed by atoms with Crippen molar-refractivity contribution in [1.82, 2.24) is 29.5 Å². The van der Waals surface area contributed by atoms with E-state index in [-0.39, 0.29) is 57.1 Å². The van der Waals surface area contributed by atoms with Gasteiger partial charge in [0.2, 0.25) is 43.3 Å². The molecule has 1 aromatic heterocycles. The standard InChI is InChI=1S/C44H59F4N7O11S2/c1-26-9-7-8-10-28-22-43(28,39(58)52-68(62,63)42(25-45)13-14-42)51-36(56)33-21-30(24-55(33)38(57)35(27(2)19-26)50-40(59)66-41(3,4)44(46,47)48)65-37-31-12-11-29(64-5)20-32(31)34(23-49-37)53-15-17-54(18-16-53)67(6,60)61/h8,10-12,20,23,26-28,30,33,35H,7,9,13-19,21-22,24-25H2,1-6H3,(H,50,59)(H,51,56)(H,52,58)/b10-8-/t26-,27-,28-,30-,33+,35+,43-/m1/s1. The Kier molecular flexibility index (Phi) is 14.0. The molecule has 3 aliphatic heterocycles. The summed E-state index contributed by atoms with van der Waals surface area (Å²) in [5.74, 6) is -3.74. The van der Waals surface area contributed by atoms with Gasteiger partial charge >= 0.3 is 12.3 Å². The number of hydrogen-bond acceptors (Lipinski definition) is 13. The molecule has 5 aliphatic rings. The number of anilines is 1. The normalized spacial score (nSPS) is 28.8. The van der Waals surface area contributed by atoms with Gasteiger partial charge in [0.1, 0.15) is 40.9 Å². The van der Waals surface area contributed by atoms with E-state index in [2.05, 4.69) is 15.6 Å².